The van der Waals surface area contributed by atoms with Crippen molar-refractivity contribution in [2.24, 2.45) is 0 Å². The quantitative estimate of drug-likeness (QED) is 0.688. The van der Waals surface area contributed by atoms with Gasteiger partial charge in [0.15, 0.2) is 0 Å². The standard InChI is InChI=1S/C13H21NO2/c15-9-3-1-2-8-14(12-6-7-12)11-13-5-4-10-16-13/h4-5,10,12,15H,1-3,6-9,11H2. The molecule has 0 spiro atoms. The molecule has 3 nitrogen and oxygen atoms in total. The van der Waals surface area contributed by atoms with Crippen molar-refractivity contribution in [1.82, 2.24) is 4.90 Å². The maximum atomic E-state index is 8.73. The number of hydrogen-bond acceptors (Lipinski definition) is 3. The first-order chi connectivity index (χ1) is 7.90. The van der Waals surface area contributed by atoms with Crippen LogP contribution >= 0.6 is 0 Å². The molecule has 3 heteroatoms. The molecule has 0 saturated heterocycles. The van der Waals surface area contributed by atoms with E-state index in [4.69, 9.17) is 9.52 Å². The van der Waals surface area contributed by atoms with Crippen LogP contribution in [0.5, 0.6) is 0 Å². The van der Waals surface area contributed by atoms with E-state index < -0.39 is 0 Å². The molecule has 0 radical (unpaired) electrons. The summed E-state index contributed by atoms with van der Waals surface area (Å²) in [7, 11) is 0. The zero-order valence-electron chi connectivity index (χ0n) is 9.77. The second kappa shape index (κ2) is 6.06. The molecular weight excluding hydrogens is 202 g/mol. The number of furan rings is 1. The molecule has 1 aromatic heterocycles. The van der Waals surface area contributed by atoms with Crippen LogP contribution in [0.1, 0.15) is 37.9 Å². The fourth-order valence-electron chi connectivity index (χ4n) is 2.04. The van der Waals surface area contributed by atoms with E-state index >= 15 is 0 Å². The zero-order valence-corrected chi connectivity index (χ0v) is 9.77. The summed E-state index contributed by atoms with van der Waals surface area (Å²) >= 11 is 0. The molecule has 1 fully saturated rings. The summed E-state index contributed by atoms with van der Waals surface area (Å²) in [5, 5.41) is 8.73. The fraction of sp³-hybridized carbons (Fsp3) is 0.692. The first-order valence-electron chi connectivity index (χ1n) is 6.27. The molecular formula is C13H21NO2. The Labute approximate surface area is 97.1 Å². The third-order valence-electron chi connectivity index (χ3n) is 3.11. The van der Waals surface area contributed by atoms with Crippen LogP contribution < -0.4 is 0 Å². The molecule has 90 valence electrons. The Morgan fingerprint density at radius 3 is 2.81 bits per heavy atom. The van der Waals surface area contributed by atoms with E-state index in [-0.39, 0.29) is 0 Å². The van der Waals surface area contributed by atoms with E-state index in [0.717, 1.165) is 37.7 Å². The van der Waals surface area contributed by atoms with E-state index in [1.165, 1.54) is 19.3 Å². The molecule has 1 saturated carbocycles. The van der Waals surface area contributed by atoms with Crippen LogP contribution in [0.3, 0.4) is 0 Å². The van der Waals surface area contributed by atoms with Gasteiger partial charge in [0, 0.05) is 12.6 Å². The van der Waals surface area contributed by atoms with Crippen LogP contribution in [0.15, 0.2) is 22.8 Å². The van der Waals surface area contributed by atoms with Crippen molar-refractivity contribution < 1.29 is 9.52 Å². The van der Waals surface area contributed by atoms with E-state index in [2.05, 4.69) is 4.90 Å². The fourth-order valence-corrected chi connectivity index (χ4v) is 2.04. The molecule has 1 aliphatic carbocycles. The maximum Gasteiger partial charge on any atom is 0.117 e. The van der Waals surface area contributed by atoms with Crippen LogP contribution in [0.25, 0.3) is 0 Å². The van der Waals surface area contributed by atoms with Crippen molar-refractivity contribution in [3.8, 4) is 0 Å². The summed E-state index contributed by atoms with van der Waals surface area (Å²) in [4.78, 5) is 2.51. The molecule has 1 heterocycles. The highest BCUT2D eigenvalue weighted by Crippen LogP contribution is 2.28. The minimum atomic E-state index is 0.321. The van der Waals surface area contributed by atoms with Crippen LogP contribution in [-0.2, 0) is 6.54 Å². The van der Waals surface area contributed by atoms with Gasteiger partial charge in [-0.25, -0.2) is 0 Å². The van der Waals surface area contributed by atoms with Crippen molar-refractivity contribution in [3.05, 3.63) is 24.2 Å². The second-order valence-electron chi connectivity index (χ2n) is 4.57. The SMILES string of the molecule is OCCCCCN(Cc1ccco1)C1CC1. The normalized spacial score (nSPS) is 15.9. The van der Waals surface area contributed by atoms with E-state index in [0.29, 0.717) is 6.61 Å². The minimum Gasteiger partial charge on any atom is -0.468 e. The van der Waals surface area contributed by atoms with Gasteiger partial charge >= 0.3 is 0 Å². The molecule has 16 heavy (non-hydrogen) atoms. The van der Waals surface area contributed by atoms with Gasteiger partial charge in [-0.2, -0.15) is 0 Å². The van der Waals surface area contributed by atoms with Crippen molar-refractivity contribution in [3.63, 3.8) is 0 Å². The largest absolute Gasteiger partial charge is 0.468 e. The lowest BCUT2D eigenvalue weighted by molar-refractivity contribution is 0.222. The minimum absolute atomic E-state index is 0.321. The molecule has 1 N–H and O–H groups in total. The Morgan fingerprint density at radius 1 is 1.31 bits per heavy atom. The van der Waals surface area contributed by atoms with Crippen molar-refractivity contribution in [2.75, 3.05) is 13.2 Å². The highest BCUT2D eigenvalue weighted by atomic mass is 16.3. The van der Waals surface area contributed by atoms with Gasteiger partial charge in [0.1, 0.15) is 5.76 Å². The summed E-state index contributed by atoms with van der Waals surface area (Å²) in [5.74, 6) is 1.06. The predicted molar refractivity (Wildman–Crippen MR) is 63.1 cm³/mol. The number of nitrogens with zero attached hydrogens (tertiary/aromatic N) is 1. The van der Waals surface area contributed by atoms with E-state index in [9.17, 15) is 0 Å². The summed E-state index contributed by atoms with van der Waals surface area (Å²) in [6, 6.07) is 4.77. The smallest absolute Gasteiger partial charge is 0.117 e. The maximum absolute atomic E-state index is 8.73. The lowest BCUT2D eigenvalue weighted by atomic mass is 10.2. The van der Waals surface area contributed by atoms with Crippen molar-refractivity contribution in [1.29, 1.82) is 0 Å². The molecule has 0 unspecified atom stereocenters. The highest BCUT2D eigenvalue weighted by Gasteiger charge is 2.28. The Bertz CT molecular complexity index is 280. The lowest BCUT2D eigenvalue weighted by Crippen LogP contribution is -2.26. The van der Waals surface area contributed by atoms with Gasteiger partial charge in [-0.05, 0) is 50.8 Å². The third kappa shape index (κ3) is 3.65. The molecule has 0 bridgehead atoms. The molecule has 0 atom stereocenters. The van der Waals surface area contributed by atoms with Gasteiger partial charge in [0.05, 0.1) is 12.8 Å². The Balaban J connectivity index is 1.72. The summed E-state index contributed by atoms with van der Waals surface area (Å²) in [6.45, 7) is 2.39. The number of aliphatic hydroxyl groups is 1. The Morgan fingerprint density at radius 2 is 2.19 bits per heavy atom. The van der Waals surface area contributed by atoms with Gasteiger partial charge in [-0.3, -0.25) is 4.90 Å². The van der Waals surface area contributed by atoms with E-state index in [1.54, 1.807) is 6.26 Å². The summed E-state index contributed by atoms with van der Waals surface area (Å²) < 4.78 is 5.39. The molecule has 2 rings (SSSR count). The average Bonchev–Trinajstić information content (AvgIpc) is 3.02. The third-order valence-corrected chi connectivity index (χ3v) is 3.11. The van der Waals surface area contributed by atoms with Crippen molar-refractivity contribution >= 4 is 0 Å². The second-order valence-corrected chi connectivity index (χ2v) is 4.57. The Kier molecular flexibility index (Phi) is 4.43. The number of unbranched alkanes of at least 4 members (excludes halogenated alkanes) is 2. The first-order valence-corrected chi connectivity index (χ1v) is 6.27. The predicted octanol–water partition coefficient (Wildman–Crippen LogP) is 2.41. The van der Waals surface area contributed by atoms with E-state index in [1.807, 2.05) is 12.1 Å². The van der Waals surface area contributed by atoms with Gasteiger partial charge in [-0.1, -0.05) is 0 Å². The van der Waals surface area contributed by atoms with Crippen LogP contribution in [-0.4, -0.2) is 29.2 Å². The van der Waals surface area contributed by atoms with Crippen LogP contribution in [0, 0.1) is 0 Å². The molecule has 1 aromatic rings. The van der Waals surface area contributed by atoms with Gasteiger partial charge in [0.25, 0.3) is 0 Å². The average molecular weight is 223 g/mol. The highest BCUT2D eigenvalue weighted by molar-refractivity contribution is 4.99. The van der Waals surface area contributed by atoms with Gasteiger partial charge in [-0.15, -0.1) is 0 Å². The van der Waals surface area contributed by atoms with Gasteiger partial charge < -0.3 is 9.52 Å². The zero-order chi connectivity index (χ0) is 11.2. The first kappa shape index (κ1) is 11.7. The number of hydrogen-bond donors (Lipinski definition) is 1. The van der Waals surface area contributed by atoms with Crippen LogP contribution in [0.4, 0.5) is 0 Å². The summed E-state index contributed by atoms with van der Waals surface area (Å²) in [5.41, 5.74) is 0. The number of aliphatic hydroxyl groups excluding tert-OH is 1. The topological polar surface area (TPSA) is 36.6 Å². The molecule has 0 aromatic carbocycles. The van der Waals surface area contributed by atoms with Crippen molar-refractivity contribution in [2.45, 2.75) is 44.7 Å². The molecule has 0 aliphatic heterocycles. The monoisotopic (exact) mass is 223 g/mol. The Hall–Kier alpha value is -0.800. The molecule has 0 amide bonds. The van der Waals surface area contributed by atoms with Crippen LogP contribution in [0.2, 0.25) is 0 Å². The van der Waals surface area contributed by atoms with Gasteiger partial charge in [0.2, 0.25) is 0 Å². The summed E-state index contributed by atoms with van der Waals surface area (Å²) in [6.07, 6.45) is 7.64. The molecule has 1 aliphatic rings. The number of rotatable bonds is 8. The lowest BCUT2D eigenvalue weighted by Gasteiger charge is -2.20.